The van der Waals surface area contributed by atoms with E-state index in [9.17, 15) is 0 Å². The summed E-state index contributed by atoms with van der Waals surface area (Å²) in [5.74, 6) is 0. The molecule has 2 aromatic carbocycles. The monoisotopic (exact) mass is 409 g/mol. The molecule has 0 spiro atoms. The second kappa shape index (κ2) is 7.21. The van der Waals surface area contributed by atoms with Gasteiger partial charge in [0.15, 0.2) is 0 Å². The predicted molar refractivity (Wildman–Crippen MR) is 124 cm³/mol. The van der Waals surface area contributed by atoms with Crippen molar-refractivity contribution in [3.8, 4) is 22.6 Å². The highest BCUT2D eigenvalue weighted by atomic mass is 15.2. The first-order valence-corrected chi connectivity index (χ1v) is 10.6. The van der Waals surface area contributed by atoms with E-state index in [4.69, 9.17) is 0 Å². The number of rotatable bonds is 3. The van der Waals surface area contributed by atoms with Crippen molar-refractivity contribution in [3.63, 3.8) is 0 Å². The van der Waals surface area contributed by atoms with Gasteiger partial charge in [0.2, 0.25) is 0 Å². The van der Waals surface area contributed by atoms with Crippen LogP contribution in [0.15, 0.2) is 61.1 Å². The summed E-state index contributed by atoms with van der Waals surface area (Å²) in [6.45, 7) is 4.26. The molecule has 5 aromatic rings. The van der Waals surface area contributed by atoms with Gasteiger partial charge in [-0.1, -0.05) is 12.1 Å². The van der Waals surface area contributed by atoms with Crippen molar-refractivity contribution >= 4 is 27.5 Å². The van der Waals surface area contributed by atoms with E-state index in [0.717, 1.165) is 65.2 Å². The van der Waals surface area contributed by atoms with E-state index in [0.29, 0.717) is 0 Å². The molecule has 3 aromatic heterocycles. The normalized spacial score (nSPS) is 15.2. The third-order valence-electron chi connectivity index (χ3n) is 6.16. The zero-order chi connectivity index (χ0) is 20.8. The molecule has 154 valence electrons. The predicted octanol–water partition coefficient (Wildman–Crippen LogP) is 3.92. The zero-order valence-electron chi connectivity index (χ0n) is 17.3. The molecule has 1 aliphatic heterocycles. The third kappa shape index (κ3) is 3.14. The first-order valence-electron chi connectivity index (χ1n) is 10.6. The smallest absolute Gasteiger partial charge is 0.116 e. The number of aromatic nitrogens is 5. The Balaban J connectivity index is 1.44. The Morgan fingerprint density at radius 2 is 1.81 bits per heavy atom. The quantitative estimate of drug-likeness (QED) is 0.472. The molecular weight excluding hydrogens is 386 g/mol. The lowest BCUT2D eigenvalue weighted by Gasteiger charge is -2.34. The van der Waals surface area contributed by atoms with Crippen molar-refractivity contribution in [3.05, 3.63) is 61.1 Å². The van der Waals surface area contributed by atoms with Crippen LogP contribution < -0.4 is 4.90 Å². The van der Waals surface area contributed by atoms with Crippen LogP contribution in [0.4, 0.5) is 5.69 Å². The van der Waals surface area contributed by atoms with E-state index in [1.807, 2.05) is 12.1 Å². The van der Waals surface area contributed by atoms with E-state index < -0.39 is 0 Å². The number of nitrogens with zero attached hydrogens (tertiary/aromatic N) is 5. The molecule has 0 saturated carbocycles. The molecule has 4 heterocycles. The maximum absolute atomic E-state index is 4.64. The van der Waals surface area contributed by atoms with Crippen LogP contribution in [0.5, 0.6) is 0 Å². The molecule has 2 N–H and O–H groups in total. The van der Waals surface area contributed by atoms with Crippen molar-refractivity contribution in [2.24, 2.45) is 0 Å². The largest absolute Gasteiger partial charge is 0.368 e. The highest BCUT2D eigenvalue weighted by Crippen LogP contribution is 2.34. The number of likely N-dealkylation sites (N-methyl/N-ethyl adjacent to an activating group) is 1. The van der Waals surface area contributed by atoms with Gasteiger partial charge in [0.05, 0.1) is 23.1 Å². The van der Waals surface area contributed by atoms with Gasteiger partial charge < -0.3 is 14.8 Å². The van der Waals surface area contributed by atoms with Gasteiger partial charge in [-0.2, -0.15) is 5.10 Å². The number of piperazine rings is 1. The molecule has 0 bridgehead atoms. The van der Waals surface area contributed by atoms with Gasteiger partial charge >= 0.3 is 0 Å². The number of anilines is 1. The fourth-order valence-electron chi connectivity index (χ4n) is 4.42. The molecule has 7 nitrogen and oxygen atoms in total. The van der Waals surface area contributed by atoms with Gasteiger partial charge in [-0.3, -0.25) is 15.1 Å². The van der Waals surface area contributed by atoms with E-state index in [-0.39, 0.29) is 0 Å². The van der Waals surface area contributed by atoms with Crippen molar-refractivity contribution in [2.45, 2.75) is 0 Å². The minimum atomic E-state index is 0.852. The maximum Gasteiger partial charge on any atom is 0.116 e. The molecule has 1 fully saturated rings. The Hall–Kier alpha value is -3.71. The van der Waals surface area contributed by atoms with E-state index in [1.54, 1.807) is 18.6 Å². The van der Waals surface area contributed by atoms with Crippen molar-refractivity contribution < 1.29 is 0 Å². The minimum absolute atomic E-state index is 0.852. The van der Waals surface area contributed by atoms with Crippen LogP contribution in [0.25, 0.3) is 44.5 Å². The maximum atomic E-state index is 4.64. The molecule has 1 saturated heterocycles. The summed E-state index contributed by atoms with van der Waals surface area (Å²) in [4.78, 5) is 17.1. The Kier molecular flexibility index (Phi) is 4.21. The topological polar surface area (TPSA) is 76.7 Å². The fraction of sp³-hybridized carbons (Fsp3) is 0.208. The third-order valence-corrected chi connectivity index (χ3v) is 6.16. The summed E-state index contributed by atoms with van der Waals surface area (Å²) >= 11 is 0. The van der Waals surface area contributed by atoms with Gasteiger partial charge in [0.25, 0.3) is 0 Å². The van der Waals surface area contributed by atoms with Crippen LogP contribution in [-0.4, -0.2) is 63.3 Å². The van der Waals surface area contributed by atoms with Gasteiger partial charge in [-0.05, 0) is 37.4 Å². The molecular formula is C24H23N7. The average molecular weight is 409 g/mol. The van der Waals surface area contributed by atoms with E-state index >= 15 is 0 Å². The van der Waals surface area contributed by atoms with E-state index in [2.05, 4.69) is 72.3 Å². The van der Waals surface area contributed by atoms with Crippen molar-refractivity contribution in [1.82, 2.24) is 30.0 Å². The van der Waals surface area contributed by atoms with E-state index in [1.165, 1.54) is 11.1 Å². The summed E-state index contributed by atoms with van der Waals surface area (Å²) in [6, 6.07) is 14.9. The first kappa shape index (κ1) is 18.1. The lowest BCUT2D eigenvalue weighted by molar-refractivity contribution is 0.313. The SMILES string of the molecule is CN1CCN(c2cccc3[nH]c(-c4n[nH]c5ccc(-c6cnccn6)cc45)cc23)CC1. The van der Waals surface area contributed by atoms with Gasteiger partial charge in [0, 0.05) is 66.1 Å². The lowest BCUT2D eigenvalue weighted by atomic mass is 10.1. The van der Waals surface area contributed by atoms with Gasteiger partial charge in [-0.25, -0.2) is 0 Å². The Morgan fingerprint density at radius 3 is 2.65 bits per heavy atom. The number of hydrogen-bond acceptors (Lipinski definition) is 5. The molecule has 0 radical (unpaired) electrons. The van der Waals surface area contributed by atoms with Gasteiger partial charge in [0.1, 0.15) is 5.69 Å². The molecule has 0 aliphatic carbocycles. The minimum Gasteiger partial charge on any atom is -0.368 e. The number of H-pyrrole nitrogens is 2. The van der Waals surface area contributed by atoms with Crippen LogP contribution in [-0.2, 0) is 0 Å². The van der Waals surface area contributed by atoms with Crippen LogP contribution in [0.1, 0.15) is 0 Å². The number of hydrogen-bond donors (Lipinski definition) is 2. The Morgan fingerprint density at radius 1 is 0.903 bits per heavy atom. The molecule has 0 atom stereocenters. The molecule has 7 heteroatoms. The van der Waals surface area contributed by atoms with Crippen LogP contribution in [0.3, 0.4) is 0 Å². The standard InChI is InChI=1S/C24H23N7/c1-30-9-11-31(12-10-30)23-4-2-3-19-17(23)14-21(27-19)24-18-13-16(5-6-20(18)28-29-24)22-15-25-7-8-26-22/h2-8,13-15,27H,9-12H2,1H3,(H,28,29). The number of benzene rings is 2. The first-order chi connectivity index (χ1) is 15.3. The molecule has 0 unspecified atom stereocenters. The number of fused-ring (bicyclic) bond motifs is 2. The number of nitrogens with one attached hydrogen (secondary N) is 2. The Bertz CT molecular complexity index is 1360. The summed E-state index contributed by atoms with van der Waals surface area (Å²) in [5.41, 5.74) is 7.23. The lowest BCUT2D eigenvalue weighted by Crippen LogP contribution is -2.44. The summed E-state index contributed by atoms with van der Waals surface area (Å²) < 4.78 is 0. The van der Waals surface area contributed by atoms with Gasteiger partial charge in [-0.15, -0.1) is 0 Å². The van der Waals surface area contributed by atoms with Crippen molar-refractivity contribution in [1.29, 1.82) is 0 Å². The highest BCUT2D eigenvalue weighted by Gasteiger charge is 2.19. The summed E-state index contributed by atoms with van der Waals surface area (Å²) in [5, 5.41) is 10.1. The summed E-state index contributed by atoms with van der Waals surface area (Å²) in [6.07, 6.45) is 5.19. The molecule has 0 amide bonds. The summed E-state index contributed by atoms with van der Waals surface area (Å²) in [7, 11) is 2.18. The van der Waals surface area contributed by atoms with Crippen LogP contribution in [0, 0.1) is 0 Å². The van der Waals surface area contributed by atoms with Crippen molar-refractivity contribution in [2.75, 3.05) is 38.1 Å². The fourth-order valence-corrected chi connectivity index (χ4v) is 4.42. The molecule has 31 heavy (non-hydrogen) atoms. The van der Waals surface area contributed by atoms with Crippen LogP contribution in [0.2, 0.25) is 0 Å². The average Bonchev–Trinajstić information content (AvgIpc) is 3.43. The second-order valence-corrected chi connectivity index (χ2v) is 8.13. The van der Waals surface area contributed by atoms with Crippen LogP contribution >= 0.6 is 0 Å². The molecule has 6 rings (SSSR count). The number of aromatic amines is 2. The Labute approximate surface area is 179 Å². The highest BCUT2D eigenvalue weighted by molar-refractivity contribution is 6.00. The molecule has 1 aliphatic rings. The second-order valence-electron chi connectivity index (χ2n) is 8.13. The zero-order valence-corrected chi connectivity index (χ0v) is 17.3.